The van der Waals surface area contributed by atoms with E-state index in [1.165, 1.54) is 0 Å². The number of ether oxygens (including phenoxy) is 3. The van der Waals surface area contributed by atoms with Crippen LogP contribution in [0, 0.1) is 35.0 Å². The highest BCUT2D eigenvalue weighted by Crippen LogP contribution is 2.30. The van der Waals surface area contributed by atoms with Gasteiger partial charge in [0.1, 0.15) is 17.8 Å². The van der Waals surface area contributed by atoms with Gasteiger partial charge in [0.15, 0.2) is 6.29 Å². The molecule has 4 saturated heterocycles. The van der Waals surface area contributed by atoms with Gasteiger partial charge in [-0.05, 0) is 64.8 Å². The number of hydrogen-bond donors (Lipinski definition) is 1. The maximum atomic E-state index is 12.7. The number of esters is 1. The molecular weight excluding hydrogens is 532 g/mol. The molecule has 4 heterocycles. The zero-order chi connectivity index (χ0) is 32.0. The normalized spacial score (nSPS) is 33.6. The van der Waals surface area contributed by atoms with Crippen molar-refractivity contribution in [2.24, 2.45) is 35.0 Å². The van der Waals surface area contributed by atoms with Gasteiger partial charge in [0.05, 0.1) is 19.3 Å². The summed E-state index contributed by atoms with van der Waals surface area (Å²) >= 11 is 0. The van der Waals surface area contributed by atoms with Crippen molar-refractivity contribution < 1.29 is 28.9 Å². The monoisotopic (exact) mass is 598 g/mol. The summed E-state index contributed by atoms with van der Waals surface area (Å²) < 4.78 is 16.2. The molecule has 0 aromatic heterocycles. The van der Waals surface area contributed by atoms with Crippen LogP contribution in [0.2, 0.25) is 0 Å². The Labute approximate surface area is 258 Å². The van der Waals surface area contributed by atoms with E-state index in [1.54, 1.807) is 13.8 Å². The predicted molar refractivity (Wildman–Crippen MR) is 170 cm³/mol. The van der Waals surface area contributed by atoms with Crippen LogP contribution in [-0.4, -0.2) is 98.1 Å². The minimum Gasteiger partial charge on any atom is -0.463 e. The van der Waals surface area contributed by atoms with Gasteiger partial charge in [-0.15, -0.1) is 0 Å². The Kier molecular flexibility index (Phi) is 18.0. The van der Waals surface area contributed by atoms with E-state index < -0.39 is 11.7 Å². The number of Topliss-reactive ketones (excluding diaryl/α,β-unsaturated/α-hetero) is 1. The molecule has 0 amide bonds. The van der Waals surface area contributed by atoms with Gasteiger partial charge in [-0.2, -0.15) is 0 Å². The highest BCUT2D eigenvalue weighted by molar-refractivity contribution is 6.02. The molecule has 42 heavy (non-hydrogen) atoms. The second-order valence-corrected chi connectivity index (χ2v) is 13.5. The van der Waals surface area contributed by atoms with E-state index in [1.807, 2.05) is 34.6 Å². The Hall–Kier alpha value is -1.06. The fourth-order valence-corrected chi connectivity index (χ4v) is 6.42. The number of rotatable bonds is 3. The first-order valence-electron chi connectivity index (χ1n) is 16.9. The van der Waals surface area contributed by atoms with E-state index in [0.717, 1.165) is 65.1 Å². The van der Waals surface area contributed by atoms with E-state index in [4.69, 9.17) is 19.3 Å². The molecule has 0 aliphatic carbocycles. The van der Waals surface area contributed by atoms with E-state index in [2.05, 4.69) is 37.6 Å². The Morgan fingerprint density at radius 1 is 0.857 bits per heavy atom. The first kappa shape index (κ1) is 39.0. The molecule has 4 aliphatic heterocycles. The van der Waals surface area contributed by atoms with E-state index in [0.29, 0.717) is 42.6 Å². The molecule has 0 unspecified atom stereocenters. The van der Waals surface area contributed by atoms with Crippen molar-refractivity contribution in [3.05, 3.63) is 0 Å². The summed E-state index contributed by atoms with van der Waals surface area (Å²) in [6.45, 7) is 26.5. The van der Waals surface area contributed by atoms with Gasteiger partial charge in [0.2, 0.25) is 0 Å². The van der Waals surface area contributed by atoms with Crippen molar-refractivity contribution in [2.45, 2.75) is 120 Å². The maximum absolute atomic E-state index is 12.7. The van der Waals surface area contributed by atoms with Gasteiger partial charge in [0.25, 0.3) is 0 Å². The number of hydrogen-bond acceptors (Lipinski definition) is 8. The molecule has 6 atom stereocenters. The predicted octanol–water partition coefficient (Wildman–Crippen LogP) is 5.65. The molecule has 0 spiro atoms. The van der Waals surface area contributed by atoms with E-state index in [9.17, 15) is 9.59 Å². The molecule has 4 rings (SSSR count). The van der Waals surface area contributed by atoms with E-state index >= 15 is 0 Å². The summed E-state index contributed by atoms with van der Waals surface area (Å²) in [7, 11) is 2.16. The number of likely N-dealkylation sites (N-methyl/N-ethyl adjacent to an activating group) is 1. The lowest BCUT2D eigenvalue weighted by molar-refractivity contribution is -0.169. The SMILES string of the molecule is CC.CC.C[C@@H]1C[C@@H](C)CCC(=O)C(C)(C)C(=O)OC[C@@H](C2CN(CC3COC3)C2)N(C)C1.C[C@H]1C[C@@H](C)O[C@@H](O)C1. The van der Waals surface area contributed by atoms with Gasteiger partial charge in [-0.25, -0.2) is 0 Å². The van der Waals surface area contributed by atoms with Crippen LogP contribution in [0.1, 0.15) is 101 Å². The topological polar surface area (TPSA) is 88.5 Å². The third-order valence-corrected chi connectivity index (χ3v) is 8.91. The lowest BCUT2D eigenvalue weighted by Crippen LogP contribution is -2.59. The number of likely N-dealkylation sites (tertiary alicyclic amines) is 1. The number of cyclic esters (lactones) is 1. The van der Waals surface area contributed by atoms with Crippen LogP contribution >= 0.6 is 0 Å². The molecule has 0 bridgehead atoms. The van der Waals surface area contributed by atoms with Crippen LogP contribution in [-0.2, 0) is 23.8 Å². The number of carbonyl (C=O) groups excluding carboxylic acids is 2. The Balaban J connectivity index is 0.000000569. The summed E-state index contributed by atoms with van der Waals surface area (Å²) in [5.74, 6) is 2.47. The average molecular weight is 599 g/mol. The third kappa shape index (κ3) is 12.5. The van der Waals surface area contributed by atoms with Gasteiger partial charge >= 0.3 is 5.97 Å². The molecule has 8 heteroatoms. The largest absolute Gasteiger partial charge is 0.463 e. The van der Waals surface area contributed by atoms with Gasteiger partial charge in [0, 0.05) is 56.9 Å². The quantitative estimate of drug-likeness (QED) is 0.329. The van der Waals surface area contributed by atoms with Crippen LogP contribution in [0.15, 0.2) is 0 Å². The first-order chi connectivity index (χ1) is 19.8. The second kappa shape index (κ2) is 19.4. The fourth-order valence-electron chi connectivity index (χ4n) is 6.42. The summed E-state index contributed by atoms with van der Waals surface area (Å²) in [5.41, 5.74) is -1.06. The Morgan fingerprint density at radius 2 is 1.48 bits per heavy atom. The number of aliphatic hydroxyl groups excluding tert-OH is 1. The summed E-state index contributed by atoms with van der Waals surface area (Å²) in [4.78, 5) is 30.3. The lowest BCUT2D eigenvalue weighted by atomic mass is 9.83. The van der Waals surface area contributed by atoms with Crippen molar-refractivity contribution >= 4 is 11.8 Å². The molecule has 4 fully saturated rings. The van der Waals surface area contributed by atoms with Gasteiger partial charge in [-0.3, -0.25) is 14.5 Å². The first-order valence-corrected chi connectivity index (χ1v) is 16.9. The third-order valence-electron chi connectivity index (χ3n) is 8.91. The zero-order valence-corrected chi connectivity index (χ0v) is 29.0. The number of aliphatic hydroxyl groups is 1. The van der Waals surface area contributed by atoms with Crippen molar-refractivity contribution in [3.8, 4) is 0 Å². The molecule has 8 nitrogen and oxygen atoms in total. The summed E-state index contributed by atoms with van der Waals surface area (Å²) in [6.07, 6.45) is 4.01. The van der Waals surface area contributed by atoms with Crippen LogP contribution in [0.4, 0.5) is 0 Å². The fraction of sp³-hybridized carbons (Fsp3) is 0.941. The molecule has 0 radical (unpaired) electrons. The Morgan fingerprint density at radius 3 is 2.00 bits per heavy atom. The number of carbonyl (C=O) groups is 2. The van der Waals surface area contributed by atoms with Gasteiger partial charge in [-0.1, -0.05) is 48.5 Å². The number of nitrogens with zero attached hydrogens (tertiary/aromatic N) is 2. The van der Waals surface area contributed by atoms with Crippen LogP contribution < -0.4 is 0 Å². The van der Waals surface area contributed by atoms with Crippen LogP contribution in [0.25, 0.3) is 0 Å². The molecule has 248 valence electrons. The van der Waals surface area contributed by atoms with Gasteiger partial charge < -0.3 is 24.2 Å². The molecule has 4 aliphatic rings. The standard InChI is InChI=1S/C23H40N2O4.C7H14O2.2C2H6/c1-16-6-7-21(26)23(3,4)22(27)29-15-20(24(5)9-17(2)8-16)19-11-25(12-19)10-18-13-28-14-18;1-5-3-6(2)9-7(8)4-5;2*1-2/h16-20H,6-15H2,1-5H3;5-8H,3-4H2,1-2H3;2*1-2H3/t16-,17+,20-;5-,6+,7+;;/m00../s1. The minimum absolute atomic E-state index is 0.00342. The maximum Gasteiger partial charge on any atom is 0.319 e. The summed E-state index contributed by atoms with van der Waals surface area (Å²) in [6, 6.07) is 0.206. The molecule has 0 aromatic carbocycles. The van der Waals surface area contributed by atoms with Crippen molar-refractivity contribution in [2.75, 3.05) is 53.0 Å². The van der Waals surface area contributed by atoms with Crippen molar-refractivity contribution in [3.63, 3.8) is 0 Å². The van der Waals surface area contributed by atoms with Crippen molar-refractivity contribution in [1.82, 2.24) is 9.80 Å². The highest BCUT2D eigenvalue weighted by atomic mass is 16.6. The number of ketones is 1. The van der Waals surface area contributed by atoms with E-state index in [-0.39, 0.29) is 23.9 Å². The summed E-state index contributed by atoms with van der Waals surface area (Å²) in [5, 5.41) is 9.03. The van der Waals surface area contributed by atoms with Crippen LogP contribution in [0.3, 0.4) is 0 Å². The highest BCUT2D eigenvalue weighted by Gasteiger charge is 2.41. The minimum atomic E-state index is -1.06. The molecule has 1 N–H and O–H groups in total. The lowest BCUT2D eigenvalue weighted by Gasteiger charge is -2.48. The van der Waals surface area contributed by atoms with Crippen molar-refractivity contribution in [1.29, 1.82) is 0 Å². The second-order valence-electron chi connectivity index (χ2n) is 13.5. The van der Waals surface area contributed by atoms with Crippen LogP contribution in [0.5, 0.6) is 0 Å². The molecular formula is C34H66N2O6. The smallest absolute Gasteiger partial charge is 0.319 e. The average Bonchev–Trinajstić information content (AvgIpc) is 2.88. The molecule has 0 aromatic rings. The Bertz CT molecular complexity index is 742. The zero-order valence-electron chi connectivity index (χ0n) is 29.0. The molecule has 0 saturated carbocycles.